The van der Waals surface area contributed by atoms with Gasteiger partial charge in [0, 0.05) is 12.7 Å². The first kappa shape index (κ1) is 12.1. The lowest BCUT2D eigenvalue weighted by Gasteiger charge is -2.11. The van der Waals surface area contributed by atoms with Gasteiger partial charge >= 0.3 is 6.09 Å². The van der Waals surface area contributed by atoms with E-state index in [1.807, 2.05) is 37.4 Å². The van der Waals surface area contributed by atoms with Gasteiger partial charge < -0.3 is 10.1 Å². The molecule has 1 fully saturated rings. The van der Waals surface area contributed by atoms with Crippen molar-refractivity contribution in [3.63, 3.8) is 0 Å². The van der Waals surface area contributed by atoms with Gasteiger partial charge in [-0.3, -0.25) is 4.90 Å². The van der Waals surface area contributed by atoms with Crippen molar-refractivity contribution in [2.45, 2.75) is 0 Å². The molecule has 4 heteroatoms. The van der Waals surface area contributed by atoms with Crippen molar-refractivity contribution in [2.75, 3.05) is 25.1 Å². The minimum Gasteiger partial charge on any atom is -0.447 e. The highest BCUT2D eigenvalue weighted by Crippen LogP contribution is 2.16. The van der Waals surface area contributed by atoms with E-state index in [9.17, 15) is 4.79 Å². The van der Waals surface area contributed by atoms with Gasteiger partial charge in [-0.1, -0.05) is 24.8 Å². The van der Waals surface area contributed by atoms with E-state index in [0.29, 0.717) is 13.2 Å². The summed E-state index contributed by atoms with van der Waals surface area (Å²) in [7, 11) is 1.81. The molecule has 0 atom stereocenters. The normalized spacial score (nSPS) is 13.6. The highest BCUT2D eigenvalue weighted by molar-refractivity contribution is 5.89. The van der Waals surface area contributed by atoms with E-state index in [2.05, 4.69) is 11.9 Å². The van der Waals surface area contributed by atoms with Crippen LogP contribution in [0.15, 0.2) is 43.1 Å². The van der Waals surface area contributed by atoms with Crippen molar-refractivity contribution in [1.29, 1.82) is 0 Å². The quantitative estimate of drug-likeness (QED) is 0.828. The van der Waals surface area contributed by atoms with Gasteiger partial charge in [0.2, 0.25) is 0 Å². The van der Waals surface area contributed by atoms with E-state index in [0.717, 1.165) is 5.69 Å². The molecular weight excluding hydrogens is 204 g/mol. The average molecular weight is 220 g/mol. The van der Waals surface area contributed by atoms with Gasteiger partial charge in [-0.05, 0) is 18.3 Å². The standard InChI is InChI=1S/C9H9NO2.C3H7N/c11-9-10(6-7-12-9)8-4-2-1-3-5-8;1-3-4-2/h1-5H,6-7H2;3-4H,1H2,2H3. The summed E-state index contributed by atoms with van der Waals surface area (Å²) in [6.45, 7) is 4.52. The topological polar surface area (TPSA) is 41.6 Å². The zero-order chi connectivity index (χ0) is 11.8. The van der Waals surface area contributed by atoms with Crippen molar-refractivity contribution >= 4 is 11.8 Å². The van der Waals surface area contributed by atoms with Crippen LogP contribution < -0.4 is 10.2 Å². The van der Waals surface area contributed by atoms with Crippen molar-refractivity contribution < 1.29 is 9.53 Å². The Balaban J connectivity index is 0.000000280. The number of ether oxygens (including phenoxy) is 1. The number of carbonyl (C=O) groups is 1. The lowest BCUT2D eigenvalue weighted by molar-refractivity contribution is 0.181. The van der Waals surface area contributed by atoms with Crippen molar-refractivity contribution in [3.05, 3.63) is 43.1 Å². The number of benzene rings is 1. The smallest absolute Gasteiger partial charge is 0.414 e. The fourth-order valence-electron chi connectivity index (χ4n) is 1.24. The van der Waals surface area contributed by atoms with E-state index in [4.69, 9.17) is 4.74 Å². The van der Waals surface area contributed by atoms with Gasteiger partial charge in [0.1, 0.15) is 6.61 Å². The average Bonchev–Trinajstić information content (AvgIpc) is 2.77. The summed E-state index contributed by atoms with van der Waals surface area (Å²) in [6.07, 6.45) is 1.38. The van der Waals surface area contributed by atoms with Gasteiger partial charge in [-0.25, -0.2) is 4.79 Å². The Morgan fingerprint density at radius 2 is 2.06 bits per heavy atom. The Hall–Kier alpha value is -1.97. The van der Waals surface area contributed by atoms with E-state index in [1.165, 1.54) is 0 Å². The van der Waals surface area contributed by atoms with E-state index >= 15 is 0 Å². The maximum absolute atomic E-state index is 11.1. The third kappa shape index (κ3) is 3.31. The Kier molecular flexibility index (Phi) is 4.92. The first-order valence-electron chi connectivity index (χ1n) is 5.07. The maximum atomic E-state index is 11.1. The molecule has 2 rings (SSSR count). The zero-order valence-electron chi connectivity index (χ0n) is 9.35. The maximum Gasteiger partial charge on any atom is 0.414 e. The first-order chi connectivity index (χ1) is 7.79. The number of anilines is 1. The second-order valence-electron chi connectivity index (χ2n) is 3.09. The van der Waals surface area contributed by atoms with Crippen molar-refractivity contribution in [1.82, 2.24) is 5.32 Å². The molecule has 1 aliphatic heterocycles. The van der Waals surface area contributed by atoms with Crippen LogP contribution in [0.3, 0.4) is 0 Å². The minimum atomic E-state index is -0.249. The molecule has 4 nitrogen and oxygen atoms in total. The predicted molar refractivity (Wildman–Crippen MR) is 64.4 cm³/mol. The fraction of sp³-hybridized carbons (Fsp3) is 0.250. The molecule has 0 aliphatic carbocycles. The first-order valence-corrected chi connectivity index (χ1v) is 5.07. The summed E-state index contributed by atoms with van der Waals surface area (Å²) in [5.41, 5.74) is 0.903. The Labute approximate surface area is 95.5 Å². The lowest BCUT2D eigenvalue weighted by Crippen LogP contribution is -2.22. The third-order valence-corrected chi connectivity index (χ3v) is 2.03. The molecule has 0 spiro atoms. The van der Waals surface area contributed by atoms with Crippen LogP contribution in [0.1, 0.15) is 0 Å². The van der Waals surface area contributed by atoms with Crippen LogP contribution in [0.25, 0.3) is 0 Å². The van der Waals surface area contributed by atoms with Gasteiger partial charge in [0.05, 0.1) is 6.54 Å². The monoisotopic (exact) mass is 220 g/mol. The molecule has 0 bridgehead atoms. The molecule has 1 aliphatic rings. The summed E-state index contributed by atoms with van der Waals surface area (Å²) in [6, 6.07) is 9.52. The molecule has 1 saturated heterocycles. The SMILES string of the molecule is C=CNC.O=C1OCCN1c1ccccc1. The minimum absolute atomic E-state index is 0.249. The molecule has 0 saturated carbocycles. The number of carbonyl (C=O) groups excluding carboxylic acids is 1. The number of nitrogens with zero attached hydrogens (tertiary/aromatic N) is 1. The largest absolute Gasteiger partial charge is 0.447 e. The molecule has 0 unspecified atom stereocenters. The molecule has 0 radical (unpaired) electrons. The predicted octanol–water partition coefficient (Wildman–Crippen LogP) is 1.99. The van der Waals surface area contributed by atoms with Crippen LogP contribution in [0.5, 0.6) is 0 Å². The molecule has 0 aromatic heterocycles. The van der Waals surface area contributed by atoms with Crippen LogP contribution in [0, 0.1) is 0 Å². The van der Waals surface area contributed by atoms with Crippen molar-refractivity contribution in [3.8, 4) is 0 Å². The third-order valence-electron chi connectivity index (χ3n) is 2.03. The number of hydrogen-bond donors (Lipinski definition) is 1. The zero-order valence-corrected chi connectivity index (χ0v) is 9.35. The fourth-order valence-corrected chi connectivity index (χ4v) is 1.24. The molecule has 1 N–H and O–H groups in total. The molecule has 1 amide bonds. The number of hydrogen-bond acceptors (Lipinski definition) is 3. The van der Waals surface area contributed by atoms with Crippen LogP contribution in [-0.2, 0) is 4.74 Å². The Bertz CT molecular complexity index is 338. The van der Waals surface area contributed by atoms with E-state index in [1.54, 1.807) is 11.1 Å². The highest BCUT2D eigenvalue weighted by Gasteiger charge is 2.22. The number of para-hydroxylation sites is 1. The van der Waals surface area contributed by atoms with Crippen LogP contribution in [-0.4, -0.2) is 26.3 Å². The van der Waals surface area contributed by atoms with Gasteiger partial charge in [0.25, 0.3) is 0 Å². The van der Waals surface area contributed by atoms with Gasteiger partial charge in [-0.2, -0.15) is 0 Å². The summed E-state index contributed by atoms with van der Waals surface area (Å²) in [4.78, 5) is 12.7. The molecular formula is C12H16N2O2. The molecule has 1 heterocycles. The molecule has 16 heavy (non-hydrogen) atoms. The second-order valence-corrected chi connectivity index (χ2v) is 3.09. The summed E-state index contributed by atoms with van der Waals surface area (Å²) >= 11 is 0. The van der Waals surface area contributed by atoms with Gasteiger partial charge in [-0.15, -0.1) is 0 Å². The second kappa shape index (κ2) is 6.50. The van der Waals surface area contributed by atoms with Crippen molar-refractivity contribution in [2.24, 2.45) is 0 Å². The van der Waals surface area contributed by atoms with E-state index in [-0.39, 0.29) is 6.09 Å². The van der Waals surface area contributed by atoms with Crippen LogP contribution in [0.2, 0.25) is 0 Å². The number of nitrogens with one attached hydrogen (secondary N) is 1. The van der Waals surface area contributed by atoms with Crippen LogP contribution >= 0.6 is 0 Å². The molecule has 1 aromatic rings. The summed E-state index contributed by atoms with van der Waals surface area (Å²) in [5.74, 6) is 0. The number of rotatable bonds is 2. The number of amides is 1. The number of cyclic esters (lactones) is 1. The lowest BCUT2D eigenvalue weighted by atomic mass is 10.3. The molecule has 1 aromatic carbocycles. The Morgan fingerprint density at radius 3 is 2.50 bits per heavy atom. The van der Waals surface area contributed by atoms with Crippen LogP contribution in [0.4, 0.5) is 10.5 Å². The Morgan fingerprint density at radius 1 is 1.44 bits per heavy atom. The summed E-state index contributed by atoms with van der Waals surface area (Å²) in [5, 5.41) is 2.69. The highest BCUT2D eigenvalue weighted by atomic mass is 16.6. The molecule has 86 valence electrons. The van der Waals surface area contributed by atoms with Gasteiger partial charge in [0.15, 0.2) is 0 Å². The summed E-state index contributed by atoms with van der Waals surface area (Å²) < 4.78 is 4.81. The van der Waals surface area contributed by atoms with E-state index < -0.39 is 0 Å².